The van der Waals surface area contributed by atoms with Crippen molar-refractivity contribution in [2.45, 2.75) is 64.3 Å². The predicted octanol–water partition coefficient (Wildman–Crippen LogP) is 2.50. The third-order valence-corrected chi connectivity index (χ3v) is 5.58. The summed E-state index contributed by atoms with van der Waals surface area (Å²) in [6, 6.07) is 0.304. The summed E-state index contributed by atoms with van der Waals surface area (Å²) in [6.07, 6.45) is 8.17. The lowest BCUT2D eigenvalue weighted by molar-refractivity contribution is 0.348. The molecule has 102 valence electrons. The van der Waals surface area contributed by atoms with Crippen LogP contribution in [0.1, 0.15) is 58.3 Å². The van der Waals surface area contributed by atoms with E-state index in [1.165, 1.54) is 0 Å². The Morgan fingerprint density at radius 1 is 1.06 bits per heavy atom. The van der Waals surface area contributed by atoms with E-state index in [1.54, 1.807) is 0 Å². The topological polar surface area (TPSA) is 60.2 Å². The lowest BCUT2D eigenvalue weighted by atomic mass is 9.88. The fraction of sp³-hybridized carbons (Fsp3) is 1.00. The Labute approximate surface area is 106 Å². The molecule has 4 heteroatoms. The van der Waals surface area contributed by atoms with Gasteiger partial charge in [0.05, 0.1) is 11.5 Å². The lowest BCUT2D eigenvalue weighted by Gasteiger charge is -2.25. The monoisotopic (exact) mass is 261 g/mol. The van der Waals surface area contributed by atoms with Gasteiger partial charge in [-0.25, -0.2) is 8.42 Å². The molecule has 0 aliphatic heterocycles. The summed E-state index contributed by atoms with van der Waals surface area (Å²) in [5, 5.41) is 0. The molecule has 1 saturated carbocycles. The third-order valence-electron chi connectivity index (χ3n) is 3.69. The second-order valence-electron chi connectivity index (χ2n) is 5.46. The molecule has 2 N–H and O–H groups in total. The van der Waals surface area contributed by atoms with Gasteiger partial charge >= 0.3 is 0 Å². The molecule has 0 radical (unpaired) electrons. The number of hydrogen-bond acceptors (Lipinski definition) is 3. The Bertz CT molecular complexity index is 293. The first kappa shape index (κ1) is 15.0. The maximum Gasteiger partial charge on any atom is 0.150 e. The van der Waals surface area contributed by atoms with Crippen molar-refractivity contribution in [3.05, 3.63) is 0 Å². The van der Waals surface area contributed by atoms with Crippen molar-refractivity contribution in [2.75, 3.05) is 11.5 Å². The van der Waals surface area contributed by atoms with Crippen LogP contribution in [0.5, 0.6) is 0 Å². The molecule has 0 amide bonds. The summed E-state index contributed by atoms with van der Waals surface area (Å²) >= 11 is 0. The standard InChI is InChI=1S/C13H27NO2S/c1-2-3-4-5-10-17(15,16)11-12-6-8-13(14)9-7-12/h12-13H,2-11,14H2,1H3. The van der Waals surface area contributed by atoms with E-state index in [0.717, 1.165) is 51.4 Å². The molecule has 0 saturated heterocycles. The molecule has 1 aliphatic carbocycles. The first-order valence-corrected chi connectivity index (χ1v) is 8.81. The Kier molecular flexibility index (Phi) is 6.49. The van der Waals surface area contributed by atoms with Crippen LogP contribution >= 0.6 is 0 Å². The van der Waals surface area contributed by atoms with E-state index in [-0.39, 0.29) is 0 Å². The highest BCUT2D eigenvalue weighted by Gasteiger charge is 2.23. The first-order valence-electron chi connectivity index (χ1n) is 6.99. The van der Waals surface area contributed by atoms with Gasteiger partial charge in [0.15, 0.2) is 9.84 Å². The largest absolute Gasteiger partial charge is 0.328 e. The van der Waals surface area contributed by atoms with Gasteiger partial charge in [0.2, 0.25) is 0 Å². The molecular formula is C13H27NO2S. The van der Waals surface area contributed by atoms with Crippen molar-refractivity contribution in [2.24, 2.45) is 11.7 Å². The summed E-state index contributed by atoms with van der Waals surface area (Å²) in [4.78, 5) is 0. The van der Waals surface area contributed by atoms with E-state index < -0.39 is 9.84 Å². The van der Waals surface area contributed by atoms with Crippen LogP contribution in [-0.2, 0) is 9.84 Å². The Balaban J connectivity index is 2.24. The van der Waals surface area contributed by atoms with Gasteiger partial charge in [-0.05, 0) is 38.0 Å². The Morgan fingerprint density at radius 2 is 1.71 bits per heavy atom. The van der Waals surface area contributed by atoms with Crippen LogP contribution in [0.3, 0.4) is 0 Å². The zero-order chi connectivity index (χ0) is 12.7. The minimum atomic E-state index is -2.82. The third kappa shape index (κ3) is 6.41. The van der Waals surface area contributed by atoms with Crippen LogP contribution in [0.15, 0.2) is 0 Å². The summed E-state index contributed by atoms with van der Waals surface area (Å²) in [5.41, 5.74) is 5.82. The van der Waals surface area contributed by atoms with Gasteiger partial charge in [0.1, 0.15) is 0 Å². The molecule has 1 fully saturated rings. The van der Waals surface area contributed by atoms with E-state index in [9.17, 15) is 8.42 Å². The molecule has 1 aliphatic rings. The van der Waals surface area contributed by atoms with Crippen LogP contribution in [0.2, 0.25) is 0 Å². The zero-order valence-corrected chi connectivity index (χ0v) is 11.8. The highest BCUT2D eigenvalue weighted by molar-refractivity contribution is 7.91. The average Bonchev–Trinajstić information content (AvgIpc) is 2.27. The number of rotatable bonds is 7. The minimum Gasteiger partial charge on any atom is -0.328 e. The molecule has 0 heterocycles. The van der Waals surface area contributed by atoms with Crippen molar-refractivity contribution in [1.29, 1.82) is 0 Å². The fourth-order valence-corrected chi connectivity index (χ4v) is 4.41. The van der Waals surface area contributed by atoms with E-state index in [1.807, 2.05) is 0 Å². The van der Waals surface area contributed by atoms with Crippen LogP contribution < -0.4 is 5.73 Å². The molecule has 3 nitrogen and oxygen atoms in total. The normalized spacial score (nSPS) is 26.0. The van der Waals surface area contributed by atoms with E-state index in [4.69, 9.17) is 5.73 Å². The molecule has 17 heavy (non-hydrogen) atoms. The van der Waals surface area contributed by atoms with Gasteiger partial charge in [0, 0.05) is 6.04 Å². The zero-order valence-electron chi connectivity index (χ0n) is 11.0. The number of nitrogens with two attached hydrogens (primary N) is 1. The van der Waals surface area contributed by atoms with E-state index in [0.29, 0.717) is 23.5 Å². The van der Waals surface area contributed by atoms with Crippen molar-refractivity contribution < 1.29 is 8.42 Å². The van der Waals surface area contributed by atoms with Crippen LogP contribution in [0, 0.1) is 5.92 Å². The van der Waals surface area contributed by atoms with Gasteiger partial charge in [0.25, 0.3) is 0 Å². The average molecular weight is 261 g/mol. The molecule has 1 rings (SSSR count). The molecule has 0 bridgehead atoms. The molecule has 0 spiro atoms. The number of hydrogen-bond donors (Lipinski definition) is 1. The number of unbranched alkanes of at least 4 members (excludes halogenated alkanes) is 3. The van der Waals surface area contributed by atoms with Gasteiger partial charge < -0.3 is 5.73 Å². The first-order chi connectivity index (χ1) is 8.03. The summed E-state index contributed by atoms with van der Waals surface area (Å²) in [7, 11) is -2.82. The van der Waals surface area contributed by atoms with Crippen molar-refractivity contribution in [3.63, 3.8) is 0 Å². The fourth-order valence-electron chi connectivity index (χ4n) is 2.55. The Morgan fingerprint density at radius 3 is 2.29 bits per heavy atom. The van der Waals surface area contributed by atoms with Gasteiger partial charge in [-0.2, -0.15) is 0 Å². The smallest absolute Gasteiger partial charge is 0.150 e. The predicted molar refractivity (Wildman–Crippen MR) is 72.7 cm³/mol. The summed E-state index contributed by atoms with van der Waals surface area (Å²) in [5.74, 6) is 1.15. The van der Waals surface area contributed by atoms with Gasteiger partial charge in [-0.3, -0.25) is 0 Å². The van der Waals surface area contributed by atoms with E-state index >= 15 is 0 Å². The molecular weight excluding hydrogens is 234 g/mol. The lowest BCUT2D eigenvalue weighted by Crippen LogP contribution is -2.30. The van der Waals surface area contributed by atoms with Gasteiger partial charge in [-0.1, -0.05) is 26.2 Å². The molecule has 0 atom stereocenters. The maximum absolute atomic E-state index is 11.9. The van der Waals surface area contributed by atoms with Crippen LogP contribution in [0.4, 0.5) is 0 Å². The minimum absolute atomic E-state index is 0.304. The second-order valence-corrected chi connectivity index (χ2v) is 7.68. The molecule has 0 aromatic carbocycles. The van der Waals surface area contributed by atoms with Gasteiger partial charge in [-0.15, -0.1) is 0 Å². The molecule has 0 unspecified atom stereocenters. The van der Waals surface area contributed by atoms with Crippen LogP contribution in [-0.4, -0.2) is 26.0 Å². The van der Waals surface area contributed by atoms with Crippen molar-refractivity contribution in [1.82, 2.24) is 0 Å². The SMILES string of the molecule is CCCCCCS(=O)(=O)CC1CCC(N)CC1. The number of sulfone groups is 1. The second kappa shape index (κ2) is 7.37. The van der Waals surface area contributed by atoms with Crippen LogP contribution in [0.25, 0.3) is 0 Å². The quantitative estimate of drug-likeness (QED) is 0.716. The summed E-state index contributed by atoms with van der Waals surface area (Å²) < 4.78 is 23.8. The van der Waals surface area contributed by atoms with Crippen molar-refractivity contribution >= 4 is 9.84 Å². The molecule has 0 aromatic heterocycles. The van der Waals surface area contributed by atoms with E-state index in [2.05, 4.69) is 6.92 Å². The van der Waals surface area contributed by atoms with Crippen molar-refractivity contribution in [3.8, 4) is 0 Å². The highest BCUT2D eigenvalue weighted by atomic mass is 32.2. The Hall–Kier alpha value is -0.0900. The maximum atomic E-state index is 11.9. The summed E-state index contributed by atoms with van der Waals surface area (Å²) in [6.45, 7) is 2.14. The molecule has 0 aromatic rings. The highest BCUT2D eigenvalue weighted by Crippen LogP contribution is 2.24.